The van der Waals surface area contributed by atoms with Crippen LogP contribution in [0, 0.1) is 5.92 Å². The first kappa shape index (κ1) is 16.7. The van der Waals surface area contributed by atoms with E-state index >= 15 is 0 Å². The molecule has 3 N–H and O–H groups in total. The van der Waals surface area contributed by atoms with Gasteiger partial charge < -0.3 is 19.3 Å². The van der Waals surface area contributed by atoms with E-state index in [1.54, 1.807) is 4.72 Å². The van der Waals surface area contributed by atoms with Gasteiger partial charge >= 0.3 is 0 Å². The van der Waals surface area contributed by atoms with Crippen molar-refractivity contribution in [3.63, 3.8) is 0 Å². The third-order valence-electron chi connectivity index (χ3n) is 2.82. The second-order valence-corrected chi connectivity index (χ2v) is 6.39. The van der Waals surface area contributed by atoms with Crippen molar-refractivity contribution in [3.05, 3.63) is 0 Å². The summed E-state index contributed by atoms with van der Waals surface area (Å²) in [5, 5.41) is 19.2. The van der Waals surface area contributed by atoms with Crippen molar-refractivity contribution in [3.8, 4) is 0 Å². The van der Waals surface area contributed by atoms with E-state index in [-0.39, 0.29) is 12.8 Å². The van der Waals surface area contributed by atoms with E-state index in [1.165, 1.54) is 0 Å². The number of hydrogen-bond donors (Lipinski definition) is 3. The molecule has 10 nitrogen and oxygen atoms in total. The smallest absolute Gasteiger partial charge is 0.217 e. The molecule has 0 saturated heterocycles. The Morgan fingerprint density at radius 2 is 1.68 bits per heavy atom. The SMILES string of the molecule is O=S(=O)([O-])NC1CCC(COS(=O)(=O)[O-])[C@@H](O)[C@H]1O. The molecule has 1 aliphatic carbocycles. The fourth-order valence-corrected chi connectivity index (χ4v) is 2.89. The molecule has 0 heterocycles. The summed E-state index contributed by atoms with van der Waals surface area (Å²) >= 11 is 0. The van der Waals surface area contributed by atoms with Crippen LogP contribution in [-0.2, 0) is 24.9 Å². The topological polar surface area (TPSA) is 176 Å². The van der Waals surface area contributed by atoms with Gasteiger partial charge in [0.25, 0.3) is 0 Å². The molecule has 4 atom stereocenters. The summed E-state index contributed by atoms with van der Waals surface area (Å²) in [6.45, 7) is -0.624. The highest BCUT2D eigenvalue weighted by Crippen LogP contribution is 2.26. The molecule has 0 amide bonds. The van der Waals surface area contributed by atoms with Crippen LogP contribution < -0.4 is 4.72 Å². The lowest BCUT2D eigenvalue weighted by Gasteiger charge is -2.38. The number of aliphatic hydroxyl groups is 2. The van der Waals surface area contributed by atoms with E-state index in [1.807, 2.05) is 0 Å². The maximum Gasteiger partial charge on any atom is 0.217 e. The highest BCUT2D eigenvalue weighted by atomic mass is 32.3. The zero-order valence-corrected chi connectivity index (χ0v) is 11.1. The van der Waals surface area contributed by atoms with E-state index in [0.717, 1.165) is 0 Å². The minimum Gasteiger partial charge on any atom is -0.735 e. The number of rotatable bonds is 5. The zero-order chi connectivity index (χ0) is 14.8. The highest BCUT2D eigenvalue weighted by molar-refractivity contribution is 7.83. The van der Waals surface area contributed by atoms with Crippen LogP contribution in [0.15, 0.2) is 0 Å². The monoisotopic (exact) mass is 319 g/mol. The summed E-state index contributed by atoms with van der Waals surface area (Å²) in [7, 11) is -9.69. The van der Waals surface area contributed by atoms with Crippen molar-refractivity contribution in [2.75, 3.05) is 6.61 Å². The van der Waals surface area contributed by atoms with Gasteiger partial charge in [-0.05, 0) is 12.8 Å². The Morgan fingerprint density at radius 3 is 2.16 bits per heavy atom. The van der Waals surface area contributed by atoms with E-state index in [0.29, 0.717) is 0 Å². The van der Waals surface area contributed by atoms with Crippen molar-refractivity contribution in [1.82, 2.24) is 4.72 Å². The third-order valence-corrected chi connectivity index (χ3v) is 3.83. The second-order valence-electron chi connectivity index (χ2n) is 4.19. The summed E-state index contributed by atoms with van der Waals surface area (Å²) in [6.07, 6.45) is -3.05. The van der Waals surface area contributed by atoms with Gasteiger partial charge in [0.2, 0.25) is 10.4 Å². The molecule has 1 fully saturated rings. The first-order valence-corrected chi connectivity index (χ1v) is 7.93. The Balaban J connectivity index is 2.62. The maximum atomic E-state index is 10.5. The number of nitrogens with one attached hydrogen (secondary N) is 1. The second kappa shape index (κ2) is 5.97. The summed E-state index contributed by atoms with van der Waals surface area (Å²) < 4.78 is 67.8. The molecule has 0 radical (unpaired) electrons. The average Bonchev–Trinajstić information content (AvgIpc) is 2.21. The molecule has 19 heavy (non-hydrogen) atoms. The molecule has 1 saturated carbocycles. The Morgan fingerprint density at radius 1 is 1.11 bits per heavy atom. The predicted molar refractivity (Wildman–Crippen MR) is 57.0 cm³/mol. The Hall–Kier alpha value is -0.340. The maximum absolute atomic E-state index is 10.5. The van der Waals surface area contributed by atoms with Crippen LogP contribution >= 0.6 is 0 Å². The lowest BCUT2D eigenvalue weighted by atomic mass is 9.82. The largest absolute Gasteiger partial charge is 0.735 e. The molecular weight excluding hydrogens is 306 g/mol. The van der Waals surface area contributed by atoms with Gasteiger partial charge in [0, 0.05) is 12.0 Å². The normalized spacial score (nSPS) is 33.3. The van der Waals surface area contributed by atoms with Crippen LogP contribution in [0.4, 0.5) is 0 Å². The van der Waals surface area contributed by atoms with Crippen LogP contribution in [0.5, 0.6) is 0 Å². The van der Waals surface area contributed by atoms with Crippen LogP contribution in [0.3, 0.4) is 0 Å². The van der Waals surface area contributed by atoms with Crippen molar-refractivity contribution in [1.29, 1.82) is 0 Å². The quantitative estimate of drug-likeness (QED) is 0.352. The van der Waals surface area contributed by atoms with Crippen LogP contribution in [0.2, 0.25) is 0 Å². The lowest BCUT2D eigenvalue weighted by molar-refractivity contribution is -0.0687. The fraction of sp³-hybridized carbons (Fsp3) is 1.00. The zero-order valence-electron chi connectivity index (χ0n) is 9.50. The fourth-order valence-electron chi connectivity index (χ4n) is 1.92. The molecule has 1 aliphatic rings. The third kappa shape index (κ3) is 5.66. The van der Waals surface area contributed by atoms with Crippen molar-refractivity contribution >= 4 is 20.7 Å². The standard InChI is InChI=1S/C7H15NO9S2/c9-6-4(3-17-19(14,15)16)1-2-5(7(6)10)8-18(11,12)13/h4-10H,1-3H2,(H,11,12,13)(H,14,15,16)/p-2/t4?,5?,6-,7+/m1/s1. The highest BCUT2D eigenvalue weighted by Gasteiger charge is 2.38. The molecule has 2 unspecified atom stereocenters. The van der Waals surface area contributed by atoms with Gasteiger partial charge in [0.05, 0.1) is 18.8 Å². The molecule has 1 rings (SSSR count). The number of aliphatic hydroxyl groups excluding tert-OH is 2. The van der Waals surface area contributed by atoms with Gasteiger partial charge in [-0.25, -0.2) is 21.6 Å². The molecule has 0 aromatic carbocycles. The van der Waals surface area contributed by atoms with Gasteiger partial charge in [0.1, 0.15) is 0 Å². The van der Waals surface area contributed by atoms with Crippen LogP contribution in [0.1, 0.15) is 12.8 Å². The summed E-state index contributed by atoms with van der Waals surface area (Å²) in [5.74, 6) is -0.855. The van der Waals surface area contributed by atoms with Crippen LogP contribution in [-0.4, -0.2) is 61.0 Å². The lowest BCUT2D eigenvalue weighted by Crippen LogP contribution is -2.54. The van der Waals surface area contributed by atoms with Crippen molar-refractivity contribution in [2.24, 2.45) is 5.92 Å². The molecule has 0 aromatic heterocycles. The Kier molecular flexibility index (Phi) is 5.25. The Labute approximate surface area is 110 Å². The van der Waals surface area contributed by atoms with E-state index in [9.17, 15) is 36.2 Å². The summed E-state index contributed by atoms with van der Waals surface area (Å²) in [5.41, 5.74) is 0. The summed E-state index contributed by atoms with van der Waals surface area (Å²) in [4.78, 5) is 0. The van der Waals surface area contributed by atoms with Gasteiger partial charge in [0.15, 0.2) is 10.3 Å². The first-order chi connectivity index (χ1) is 8.49. The van der Waals surface area contributed by atoms with Crippen LogP contribution in [0.25, 0.3) is 0 Å². The molecule has 12 heteroatoms. The average molecular weight is 319 g/mol. The van der Waals surface area contributed by atoms with Gasteiger partial charge in [-0.1, -0.05) is 0 Å². The van der Waals surface area contributed by atoms with E-state index < -0.39 is 51.5 Å². The molecule has 114 valence electrons. The molecular formula is C7H13NO9S2-2. The summed E-state index contributed by atoms with van der Waals surface area (Å²) in [6, 6.07) is -1.17. The van der Waals surface area contributed by atoms with Gasteiger partial charge in [-0.3, -0.25) is 4.18 Å². The van der Waals surface area contributed by atoms with Crippen molar-refractivity contribution < 1.29 is 40.3 Å². The predicted octanol–water partition coefficient (Wildman–Crippen LogP) is -2.99. The van der Waals surface area contributed by atoms with Gasteiger partial charge in [-0.15, -0.1) is 0 Å². The van der Waals surface area contributed by atoms with Gasteiger partial charge in [-0.2, -0.15) is 0 Å². The number of hydrogen-bond acceptors (Lipinski definition) is 9. The minimum absolute atomic E-state index is 0.00731. The molecule has 0 spiro atoms. The molecule has 0 aromatic rings. The Bertz CT molecular complexity index is 499. The minimum atomic E-state index is -4.91. The molecule has 0 bridgehead atoms. The first-order valence-electron chi connectivity index (χ1n) is 5.19. The van der Waals surface area contributed by atoms with Crippen molar-refractivity contribution in [2.45, 2.75) is 31.1 Å². The van der Waals surface area contributed by atoms with E-state index in [4.69, 9.17) is 0 Å². The molecule has 0 aliphatic heterocycles. The van der Waals surface area contributed by atoms with E-state index in [2.05, 4.69) is 4.18 Å².